The minimum Gasteiger partial charge on any atom is -0.395 e. The predicted octanol–water partition coefficient (Wildman–Crippen LogP) is 1.14. The SMILES string of the molecule is C=CCN1C(=O)[C@@]2(O[C@@H](CC(=O)N(CCO)Cc3ccccc3)[C@H]([Si](C)(C)F)[C@H]2C)c2cc(NC(=O)[C@H]3O[C@@H](O)[C@H](O)[C@@H](O)[C@@H]3O)ccc21. The molecule has 3 aliphatic heterocycles. The number of hydrogen-bond donors (Lipinski definition) is 6. The third kappa shape index (κ3) is 6.81. The molecule has 1 spiro atoms. The number of amides is 3. The van der Waals surface area contributed by atoms with Crippen molar-refractivity contribution in [1.29, 1.82) is 0 Å². The topological polar surface area (TPSA) is 189 Å². The van der Waals surface area contributed by atoms with Gasteiger partial charge in [0.25, 0.3) is 11.8 Å². The molecule has 49 heavy (non-hydrogen) atoms. The van der Waals surface area contributed by atoms with E-state index in [9.17, 15) is 39.9 Å². The highest BCUT2D eigenvalue weighted by molar-refractivity contribution is 6.72. The molecule has 15 heteroatoms. The summed E-state index contributed by atoms with van der Waals surface area (Å²) in [7, 11) is -3.64. The molecule has 3 aliphatic rings. The molecule has 2 aromatic carbocycles. The Hall–Kier alpha value is -3.54. The third-order valence-electron chi connectivity index (χ3n) is 9.70. The van der Waals surface area contributed by atoms with Gasteiger partial charge in [-0.3, -0.25) is 14.4 Å². The van der Waals surface area contributed by atoms with Crippen LogP contribution in [-0.4, -0.2) is 113 Å². The molecule has 0 unspecified atom stereocenters. The van der Waals surface area contributed by atoms with Crippen molar-refractivity contribution in [2.24, 2.45) is 5.92 Å². The number of nitrogens with zero attached hydrogens (tertiary/aromatic N) is 2. The van der Waals surface area contributed by atoms with Crippen molar-refractivity contribution in [3.05, 3.63) is 72.3 Å². The molecule has 6 N–H and O–H groups in total. The van der Waals surface area contributed by atoms with Crippen LogP contribution in [0, 0.1) is 5.92 Å². The number of benzene rings is 2. The summed E-state index contributed by atoms with van der Waals surface area (Å²) in [5, 5.41) is 52.4. The Kier molecular flexibility index (Phi) is 10.8. The highest BCUT2D eigenvalue weighted by atomic mass is 28.4. The van der Waals surface area contributed by atoms with Gasteiger partial charge >= 0.3 is 0 Å². The van der Waals surface area contributed by atoms with Crippen molar-refractivity contribution in [3.8, 4) is 0 Å². The minimum absolute atomic E-state index is 0.0482. The fourth-order valence-electron chi connectivity index (χ4n) is 7.44. The molecule has 9 atom stereocenters. The van der Waals surface area contributed by atoms with E-state index in [0.29, 0.717) is 11.3 Å². The molecule has 0 aliphatic carbocycles. The molecule has 5 rings (SSSR count). The van der Waals surface area contributed by atoms with Gasteiger partial charge in [-0.2, -0.15) is 0 Å². The molecule has 0 bridgehead atoms. The summed E-state index contributed by atoms with van der Waals surface area (Å²) in [4.78, 5) is 44.3. The summed E-state index contributed by atoms with van der Waals surface area (Å²) in [6, 6.07) is 13.8. The highest BCUT2D eigenvalue weighted by Gasteiger charge is 2.67. The van der Waals surface area contributed by atoms with Crippen LogP contribution in [0.25, 0.3) is 0 Å². The first kappa shape index (κ1) is 36.7. The van der Waals surface area contributed by atoms with E-state index < -0.39 is 74.1 Å². The first-order valence-corrected chi connectivity index (χ1v) is 19.2. The van der Waals surface area contributed by atoms with Crippen LogP contribution in [0.4, 0.5) is 15.5 Å². The maximum atomic E-state index is 16.3. The lowest BCUT2D eigenvalue weighted by Gasteiger charge is -2.37. The molecule has 3 amide bonds. The van der Waals surface area contributed by atoms with E-state index in [1.165, 1.54) is 41.1 Å². The van der Waals surface area contributed by atoms with E-state index in [1.54, 1.807) is 13.0 Å². The average molecular weight is 702 g/mol. The minimum atomic E-state index is -3.64. The van der Waals surface area contributed by atoms with Gasteiger partial charge in [-0.05, 0) is 36.9 Å². The fourth-order valence-corrected chi connectivity index (χ4v) is 9.94. The van der Waals surface area contributed by atoms with Gasteiger partial charge in [0.05, 0.1) is 24.8 Å². The van der Waals surface area contributed by atoms with Crippen molar-refractivity contribution in [1.82, 2.24) is 4.90 Å². The zero-order valence-corrected chi connectivity index (χ0v) is 28.6. The van der Waals surface area contributed by atoms with E-state index >= 15 is 4.11 Å². The Morgan fingerprint density at radius 3 is 2.43 bits per heavy atom. The number of anilines is 2. The van der Waals surface area contributed by atoms with Crippen LogP contribution in [0.1, 0.15) is 24.5 Å². The Morgan fingerprint density at radius 1 is 1.10 bits per heavy atom. The summed E-state index contributed by atoms with van der Waals surface area (Å²) in [6.07, 6.45) is -8.91. The number of rotatable bonds is 11. The van der Waals surface area contributed by atoms with Crippen LogP contribution in [0.5, 0.6) is 0 Å². The Balaban J connectivity index is 1.49. The first-order valence-electron chi connectivity index (χ1n) is 16.2. The molecule has 2 aromatic rings. The molecule has 0 saturated carbocycles. The van der Waals surface area contributed by atoms with Crippen LogP contribution in [0.15, 0.2) is 61.2 Å². The number of aliphatic hydroxyl groups excluding tert-OH is 5. The van der Waals surface area contributed by atoms with Crippen molar-refractivity contribution in [2.45, 2.75) is 80.9 Å². The van der Waals surface area contributed by atoms with Crippen molar-refractivity contribution in [3.63, 3.8) is 0 Å². The van der Waals surface area contributed by atoms with Gasteiger partial charge in [0.2, 0.25) is 14.3 Å². The summed E-state index contributed by atoms with van der Waals surface area (Å²) in [5.74, 6) is -2.54. The second-order valence-corrected chi connectivity index (χ2v) is 17.1. The maximum absolute atomic E-state index is 16.3. The van der Waals surface area contributed by atoms with Crippen LogP contribution in [0.2, 0.25) is 18.6 Å². The number of fused-ring (bicyclic) bond motifs is 2. The zero-order chi connectivity index (χ0) is 35.8. The molecule has 13 nitrogen and oxygen atoms in total. The van der Waals surface area contributed by atoms with Gasteiger partial charge < -0.3 is 54.2 Å². The Labute approximate surface area is 284 Å². The predicted molar refractivity (Wildman–Crippen MR) is 178 cm³/mol. The highest BCUT2D eigenvalue weighted by Crippen LogP contribution is 2.60. The lowest BCUT2D eigenvalue weighted by atomic mass is 9.82. The molecule has 266 valence electrons. The van der Waals surface area contributed by atoms with Crippen LogP contribution >= 0.6 is 0 Å². The third-order valence-corrected chi connectivity index (χ3v) is 12.2. The summed E-state index contributed by atoms with van der Waals surface area (Å²) >= 11 is 0. The summed E-state index contributed by atoms with van der Waals surface area (Å²) in [5.41, 5.74) is -0.776. The first-order chi connectivity index (χ1) is 23.1. The quantitative estimate of drug-likeness (QED) is 0.113. The number of carbonyl (C=O) groups excluding carboxylic acids is 3. The van der Waals surface area contributed by atoms with Gasteiger partial charge in [-0.25, -0.2) is 0 Å². The van der Waals surface area contributed by atoms with Gasteiger partial charge in [0, 0.05) is 42.3 Å². The lowest BCUT2D eigenvalue weighted by Crippen LogP contribution is -2.60. The van der Waals surface area contributed by atoms with Crippen LogP contribution in [0.3, 0.4) is 0 Å². The number of halogens is 1. The second-order valence-electron chi connectivity index (χ2n) is 13.3. The van der Waals surface area contributed by atoms with E-state index in [4.69, 9.17) is 9.47 Å². The maximum Gasteiger partial charge on any atom is 0.264 e. The molecule has 0 aromatic heterocycles. The van der Waals surface area contributed by atoms with Crippen molar-refractivity contribution >= 4 is 37.5 Å². The van der Waals surface area contributed by atoms with E-state index in [2.05, 4.69) is 11.9 Å². The summed E-state index contributed by atoms with van der Waals surface area (Å²) < 4.78 is 28.0. The second kappa shape index (κ2) is 14.4. The standard InChI is InChI=1S/C34H44FN3O10Si/c1-5-13-38-23-12-11-21(36-31(44)29-27(42)26(41)28(43)32(45)47-29)16-22(23)34(33(38)46)19(2)30(49(3,4)35)24(48-34)17-25(40)37(14-15-39)18-20-9-7-6-8-10-20/h5-12,16,19,24,26-30,32,39,41-43,45H,1,13-15,17-18H2,2-4H3,(H,36,44)/t19-,24+,26+,27+,28-,29+,30-,32-,34+/m1/s1. The molecular formula is C34H44FN3O10Si. The monoisotopic (exact) mass is 701 g/mol. The van der Waals surface area contributed by atoms with Gasteiger partial charge in [0.15, 0.2) is 18.0 Å². The number of aliphatic hydroxyl groups is 5. The normalized spacial score (nSPS) is 31.1. The smallest absolute Gasteiger partial charge is 0.264 e. The lowest BCUT2D eigenvalue weighted by molar-refractivity contribution is -0.274. The Bertz CT molecular complexity index is 1560. The number of carbonyl (C=O) groups is 3. The average Bonchev–Trinajstić information content (AvgIpc) is 3.48. The zero-order valence-electron chi connectivity index (χ0n) is 27.6. The molecule has 0 radical (unpaired) electrons. The molecule has 2 fully saturated rings. The van der Waals surface area contributed by atoms with Gasteiger partial charge in [-0.15, -0.1) is 6.58 Å². The van der Waals surface area contributed by atoms with Crippen LogP contribution in [-0.2, 0) is 36.0 Å². The van der Waals surface area contributed by atoms with Crippen LogP contribution < -0.4 is 10.2 Å². The van der Waals surface area contributed by atoms with Crippen molar-refractivity contribution < 1.29 is 53.5 Å². The number of hydrogen-bond acceptors (Lipinski definition) is 10. The number of nitrogens with one attached hydrogen (secondary N) is 1. The molecule has 2 saturated heterocycles. The molecular weight excluding hydrogens is 657 g/mol. The van der Waals surface area contributed by atoms with E-state index in [1.807, 2.05) is 30.3 Å². The summed E-state index contributed by atoms with van der Waals surface area (Å²) in [6.45, 7) is 8.60. The Morgan fingerprint density at radius 2 is 1.80 bits per heavy atom. The van der Waals surface area contributed by atoms with E-state index in [0.717, 1.165) is 5.56 Å². The van der Waals surface area contributed by atoms with Crippen molar-refractivity contribution in [2.75, 3.05) is 29.9 Å². The van der Waals surface area contributed by atoms with E-state index in [-0.39, 0.29) is 44.3 Å². The molecule has 3 heterocycles. The van der Waals surface area contributed by atoms with Gasteiger partial charge in [-0.1, -0.05) is 43.3 Å². The fraction of sp³-hybridized carbons (Fsp3) is 0.500. The van der Waals surface area contributed by atoms with Gasteiger partial charge in [0.1, 0.15) is 18.3 Å². The largest absolute Gasteiger partial charge is 0.395 e. The number of ether oxygens (including phenoxy) is 2.